The van der Waals surface area contributed by atoms with Crippen LogP contribution in [0.4, 0.5) is 0 Å². The van der Waals surface area contributed by atoms with Gasteiger partial charge in [0, 0.05) is 0 Å². The van der Waals surface area contributed by atoms with Gasteiger partial charge in [0.15, 0.2) is 5.84 Å². The lowest BCUT2D eigenvalue weighted by atomic mass is 10.7. The number of thioether (sulfide) groups is 1. The minimum absolute atomic E-state index is 0. The summed E-state index contributed by atoms with van der Waals surface area (Å²) in [5, 5.41) is 3.39. The fraction of sp³-hybridized carbons (Fsp3) is 0.333. The third kappa shape index (κ3) is 1.71. The van der Waals surface area contributed by atoms with Gasteiger partial charge in [0.25, 0.3) is 0 Å². The van der Waals surface area contributed by atoms with Crippen LogP contribution in [0.5, 0.6) is 0 Å². The van der Waals surface area contributed by atoms with E-state index in [0.717, 1.165) is 11.6 Å². The molecule has 0 aliphatic carbocycles. The van der Waals surface area contributed by atoms with Gasteiger partial charge in [0.05, 0.1) is 11.3 Å². The highest BCUT2D eigenvalue weighted by atomic mass is 35.5. The summed E-state index contributed by atoms with van der Waals surface area (Å²) in [4.78, 5) is 3.82. The summed E-state index contributed by atoms with van der Waals surface area (Å²) in [5.74, 6) is 6.45. The Kier molecular flexibility index (Phi) is 3.64. The molecule has 1 heterocycles. The quantitative estimate of drug-likeness (QED) is 0.404. The molecule has 46 valence electrons. The number of hydrogen-bond acceptors (Lipinski definition) is 3. The van der Waals surface area contributed by atoms with Crippen molar-refractivity contribution in [3.63, 3.8) is 0 Å². The number of hydrogen-bond donors (Lipinski definition) is 1. The first-order chi connectivity index (χ1) is 3.43. The second-order valence-electron chi connectivity index (χ2n) is 1.09. The number of aliphatic imine (C=N–C) groups is 1. The molecule has 8 heavy (non-hydrogen) atoms. The number of amidine groups is 1. The molecule has 0 spiro atoms. The molecule has 0 saturated heterocycles. The second-order valence-corrected chi connectivity index (χ2v) is 1.92. The molecule has 0 aromatic carbocycles. The average molecular weight is 152 g/mol. The van der Waals surface area contributed by atoms with Crippen LogP contribution < -0.4 is 5.84 Å². The van der Waals surface area contributed by atoms with Gasteiger partial charge >= 0.3 is 0 Å². The van der Waals surface area contributed by atoms with Gasteiger partial charge in [-0.1, -0.05) is 0 Å². The molecule has 0 unspecified atom stereocenters. The normalized spacial score (nSPS) is 21.2. The minimum atomic E-state index is 0. The van der Waals surface area contributed by atoms with Crippen molar-refractivity contribution in [1.82, 2.24) is 0 Å². The van der Waals surface area contributed by atoms with Gasteiger partial charge in [-0.25, -0.2) is 4.99 Å². The Balaban J connectivity index is 0.000000490. The first-order valence-corrected chi connectivity index (χ1v) is 2.89. The van der Waals surface area contributed by atoms with Crippen LogP contribution in [0.1, 0.15) is 0 Å². The predicted molar refractivity (Wildman–Crippen MR) is 39.8 cm³/mol. The Hall–Kier alpha value is -0.220. The average Bonchev–Trinajstić information content (AvgIpc) is 2.14. The van der Waals surface area contributed by atoms with Crippen molar-refractivity contribution in [2.75, 3.05) is 5.75 Å². The molecule has 1 aliphatic rings. The van der Waals surface area contributed by atoms with Crippen molar-refractivity contribution < 1.29 is 0 Å². The molecule has 0 aromatic rings. The van der Waals surface area contributed by atoms with E-state index in [1.165, 1.54) is 0 Å². The summed E-state index contributed by atoms with van der Waals surface area (Å²) in [5.41, 5.74) is 1.74. The van der Waals surface area contributed by atoms with Gasteiger partial charge in [0.2, 0.25) is 0 Å². The Morgan fingerprint density at radius 3 is 2.88 bits per heavy atom. The highest BCUT2D eigenvalue weighted by molar-refractivity contribution is 8.13. The van der Waals surface area contributed by atoms with E-state index in [2.05, 4.69) is 10.1 Å². The van der Waals surface area contributed by atoms with E-state index in [-0.39, 0.29) is 12.4 Å². The molecule has 1 aliphatic heterocycles. The van der Waals surface area contributed by atoms with Crippen LogP contribution in [-0.2, 0) is 0 Å². The molecule has 5 heteroatoms. The summed E-state index contributed by atoms with van der Waals surface area (Å²) < 4.78 is 0. The van der Waals surface area contributed by atoms with Crippen LogP contribution in [0, 0.1) is 0 Å². The third-order valence-electron chi connectivity index (χ3n) is 0.638. The zero-order valence-electron chi connectivity index (χ0n) is 4.07. The summed E-state index contributed by atoms with van der Waals surface area (Å²) in [7, 11) is 0. The number of halogens is 1. The van der Waals surface area contributed by atoms with E-state index in [1.807, 2.05) is 0 Å². The van der Waals surface area contributed by atoms with Crippen molar-refractivity contribution in [1.29, 1.82) is 0 Å². The molecule has 0 amide bonds. The standard InChI is InChI=1S/C3H5N3S.ClH/c4-6-3-1-7-2-5-3;/h2H,1,4H2;1H. The lowest BCUT2D eigenvalue weighted by molar-refractivity contribution is 1.23. The van der Waals surface area contributed by atoms with Crippen molar-refractivity contribution in [2.24, 2.45) is 15.9 Å². The van der Waals surface area contributed by atoms with Crippen molar-refractivity contribution in [3.05, 3.63) is 0 Å². The molecule has 2 N–H and O–H groups in total. The lowest BCUT2D eigenvalue weighted by Crippen LogP contribution is -1.95. The summed E-state index contributed by atoms with van der Waals surface area (Å²) >= 11 is 1.60. The molecular weight excluding hydrogens is 146 g/mol. The third-order valence-corrected chi connectivity index (χ3v) is 1.32. The molecular formula is C3H6ClN3S. The largest absolute Gasteiger partial charge is 0.321 e. The first kappa shape index (κ1) is 7.78. The molecule has 0 fully saturated rings. The lowest BCUT2D eigenvalue weighted by Gasteiger charge is -1.80. The van der Waals surface area contributed by atoms with E-state index >= 15 is 0 Å². The molecule has 0 atom stereocenters. The zero-order chi connectivity index (χ0) is 5.11. The second kappa shape index (κ2) is 3.74. The number of rotatable bonds is 0. The minimum Gasteiger partial charge on any atom is -0.321 e. The van der Waals surface area contributed by atoms with Gasteiger partial charge in [-0.15, -0.1) is 24.2 Å². The Morgan fingerprint density at radius 1 is 1.88 bits per heavy atom. The van der Waals surface area contributed by atoms with Crippen LogP contribution >= 0.6 is 24.2 Å². The van der Waals surface area contributed by atoms with E-state index in [1.54, 1.807) is 17.3 Å². The fourth-order valence-electron chi connectivity index (χ4n) is 0.318. The van der Waals surface area contributed by atoms with Crippen LogP contribution in [-0.4, -0.2) is 17.1 Å². The monoisotopic (exact) mass is 151 g/mol. The highest BCUT2D eigenvalue weighted by Crippen LogP contribution is 2.03. The Labute approximate surface area is 57.8 Å². The van der Waals surface area contributed by atoms with Gasteiger partial charge in [-0.05, 0) is 0 Å². The van der Waals surface area contributed by atoms with E-state index < -0.39 is 0 Å². The molecule has 3 nitrogen and oxygen atoms in total. The topological polar surface area (TPSA) is 50.7 Å². The van der Waals surface area contributed by atoms with Gasteiger partial charge < -0.3 is 5.84 Å². The van der Waals surface area contributed by atoms with E-state index in [4.69, 9.17) is 5.84 Å². The van der Waals surface area contributed by atoms with Crippen molar-refractivity contribution in [3.8, 4) is 0 Å². The SMILES string of the molecule is Cl.NN=C1CSC=N1. The first-order valence-electron chi connectivity index (χ1n) is 1.84. The van der Waals surface area contributed by atoms with E-state index in [0.29, 0.717) is 0 Å². The molecule has 1 rings (SSSR count). The van der Waals surface area contributed by atoms with Crippen molar-refractivity contribution >= 4 is 35.6 Å². The highest BCUT2D eigenvalue weighted by Gasteiger charge is 1.99. The number of nitrogens with two attached hydrogens (primary N) is 1. The van der Waals surface area contributed by atoms with Crippen LogP contribution in [0.3, 0.4) is 0 Å². The van der Waals surface area contributed by atoms with Gasteiger partial charge in [-0.2, -0.15) is 5.10 Å². The fourth-order valence-corrected chi connectivity index (χ4v) is 0.887. The number of nitrogens with zero attached hydrogens (tertiary/aromatic N) is 2. The Morgan fingerprint density at radius 2 is 2.62 bits per heavy atom. The molecule has 0 bridgehead atoms. The summed E-state index contributed by atoms with van der Waals surface area (Å²) in [6.07, 6.45) is 0. The summed E-state index contributed by atoms with van der Waals surface area (Å²) in [6, 6.07) is 0. The zero-order valence-corrected chi connectivity index (χ0v) is 5.71. The van der Waals surface area contributed by atoms with Gasteiger partial charge in [0.1, 0.15) is 0 Å². The van der Waals surface area contributed by atoms with Crippen LogP contribution in [0.25, 0.3) is 0 Å². The molecule has 0 aromatic heterocycles. The molecule has 0 radical (unpaired) electrons. The Bertz CT molecular complexity index is 119. The predicted octanol–water partition coefficient (Wildman–Crippen LogP) is 0.456. The van der Waals surface area contributed by atoms with Crippen LogP contribution in [0.15, 0.2) is 10.1 Å². The maximum atomic E-state index is 4.89. The maximum Gasteiger partial charge on any atom is 0.158 e. The number of hydrazone groups is 1. The molecule has 0 saturated carbocycles. The van der Waals surface area contributed by atoms with Crippen molar-refractivity contribution in [2.45, 2.75) is 0 Å². The maximum absolute atomic E-state index is 4.89. The smallest absolute Gasteiger partial charge is 0.158 e. The van der Waals surface area contributed by atoms with E-state index in [9.17, 15) is 0 Å². The van der Waals surface area contributed by atoms with Gasteiger partial charge in [-0.3, -0.25) is 0 Å². The van der Waals surface area contributed by atoms with Crippen LogP contribution in [0.2, 0.25) is 0 Å². The summed E-state index contributed by atoms with van der Waals surface area (Å²) in [6.45, 7) is 0.